The van der Waals surface area contributed by atoms with E-state index < -0.39 is 0 Å². The third kappa shape index (κ3) is 5.11. The Morgan fingerprint density at radius 2 is 1.75 bits per heavy atom. The molecule has 6 heteroatoms. The minimum Gasteiger partial charge on any atom is -0.396 e. The lowest BCUT2D eigenvalue weighted by Gasteiger charge is -2.24. The Morgan fingerprint density at radius 3 is 2.35 bits per heavy atom. The second-order valence-corrected chi connectivity index (χ2v) is 5.37. The molecule has 0 unspecified atom stereocenters. The van der Waals surface area contributed by atoms with E-state index in [9.17, 15) is 0 Å². The number of nitrogens with two attached hydrogens (primary N) is 1. The minimum absolute atomic E-state index is 0.168. The highest BCUT2D eigenvalue weighted by Crippen LogP contribution is 2.32. The molecule has 114 valence electrons. The fourth-order valence-electron chi connectivity index (χ4n) is 2.05. The van der Waals surface area contributed by atoms with Crippen molar-refractivity contribution in [2.24, 2.45) is 0 Å². The van der Waals surface area contributed by atoms with Gasteiger partial charge in [0.15, 0.2) is 5.69 Å². The van der Waals surface area contributed by atoms with Crippen molar-refractivity contribution in [2.45, 2.75) is 19.8 Å². The summed E-state index contributed by atoms with van der Waals surface area (Å²) >= 11 is 12.2. The molecule has 1 aromatic carbocycles. The number of halogens is 2. The highest BCUT2D eigenvalue weighted by molar-refractivity contribution is 6.42. The molecule has 20 heavy (non-hydrogen) atoms. The smallest absolute Gasteiger partial charge is 0.154 e. The summed E-state index contributed by atoms with van der Waals surface area (Å²) in [7, 11) is 0. The standard InChI is InChI=1S/C14H22Cl2N2O2/c1-2-18(6-4-8-20)14-10-12(16)11(15)9-13(14)17-5-3-7-19/h9-10,17,19-20H,2-8H2,1H3/p+1. The average molecular weight is 322 g/mol. The first-order valence-electron chi connectivity index (χ1n) is 6.93. The number of nitrogens with zero attached hydrogens (tertiary/aromatic N) is 1. The van der Waals surface area contributed by atoms with Crippen molar-refractivity contribution >= 4 is 34.6 Å². The first-order chi connectivity index (χ1) is 9.63. The molecule has 0 atom stereocenters. The highest BCUT2D eigenvalue weighted by atomic mass is 35.5. The van der Waals surface area contributed by atoms with Crippen LogP contribution in [-0.2, 0) is 0 Å². The molecule has 0 aliphatic rings. The van der Waals surface area contributed by atoms with Gasteiger partial charge in [-0.05, 0) is 19.4 Å². The van der Waals surface area contributed by atoms with E-state index in [2.05, 4.69) is 17.1 Å². The molecule has 4 N–H and O–H groups in total. The van der Waals surface area contributed by atoms with Gasteiger partial charge in [0, 0.05) is 38.8 Å². The van der Waals surface area contributed by atoms with E-state index in [1.54, 1.807) is 0 Å². The fraction of sp³-hybridized carbons (Fsp3) is 0.571. The van der Waals surface area contributed by atoms with Crippen LogP contribution in [0.1, 0.15) is 19.8 Å². The number of aliphatic hydroxyl groups excluding tert-OH is 2. The van der Waals surface area contributed by atoms with Crippen molar-refractivity contribution in [3.63, 3.8) is 0 Å². The predicted octanol–water partition coefficient (Wildman–Crippen LogP) is 1.78. The van der Waals surface area contributed by atoms with Crippen molar-refractivity contribution in [1.29, 1.82) is 0 Å². The van der Waals surface area contributed by atoms with Crippen LogP contribution in [0.3, 0.4) is 0 Å². The van der Waals surface area contributed by atoms with Gasteiger partial charge in [-0.1, -0.05) is 23.2 Å². The van der Waals surface area contributed by atoms with Crippen LogP contribution < -0.4 is 10.2 Å². The van der Waals surface area contributed by atoms with Gasteiger partial charge in [0.25, 0.3) is 0 Å². The van der Waals surface area contributed by atoms with Gasteiger partial charge in [-0.2, -0.15) is 0 Å². The topological polar surface area (TPSA) is 60.3 Å². The summed E-state index contributed by atoms with van der Waals surface area (Å²) in [4.78, 5) is 2.17. The van der Waals surface area contributed by atoms with Gasteiger partial charge in [0.2, 0.25) is 0 Å². The molecule has 0 aliphatic heterocycles. The number of hydrogen-bond acceptors (Lipinski definition) is 3. The summed E-state index contributed by atoms with van der Waals surface area (Å²) in [5.74, 6) is 0. The fourth-order valence-corrected chi connectivity index (χ4v) is 2.38. The van der Waals surface area contributed by atoms with E-state index in [1.165, 1.54) is 0 Å². The number of hydrogen-bond donors (Lipinski definition) is 3. The Morgan fingerprint density at radius 1 is 1.10 bits per heavy atom. The van der Waals surface area contributed by atoms with Crippen LogP contribution in [0.25, 0.3) is 0 Å². The van der Waals surface area contributed by atoms with Crippen LogP contribution in [-0.4, -0.2) is 43.1 Å². The second kappa shape index (κ2) is 9.42. The number of rotatable bonds is 9. The zero-order chi connectivity index (χ0) is 15.0. The molecule has 0 bridgehead atoms. The maximum absolute atomic E-state index is 8.99. The molecule has 1 aromatic rings. The lowest BCUT2D eigenvalue weighted by Crippen LogP contribution is -2.78. The molecule has 0 saturated heterocycles. The molecule has 4 nitrogen and oxygen atoms in total. The summed E-state index contributed by atoms with van der Waals surface area (Å²) in [6.45, 7) is 4.80. The van der Waals surface area contributed by atoms with Gasteiger partial charge in [-0.25, -0.2) is 0 Å². The summed E-state index contributed by atoms with van der Waals surface area (Å²) in [6, 6.07) is 3.73. The monoisotopic (exact) mass is 321 g/mol. The van der Waals surface area contributed by atoms with Gasteiger partial charge in [0.1, 0.15) is 5.69 Å². The van der Waals surface area contributed by atoms with Gasteiger partial charge < -0.3 is 20.4 Å². The molecule has 1 rings (SSSR count). The maximum Gasteiger partial charge on any atom is 0.154 e. The summed E-state index contributed by atoms with van der Waals surface area (Å²) < 4.78 is 0. The van der Waals surface area contributed by atoms with Crippen LogP contribution in [0.5, 0.6) is 0 Å². The van der Waals surface area contributed by atoms with Crippen molar-refractivity contribution in [1.82, 2.24) is 0 Å². The molecule has 0 radical (unpaired) electrons. The van der Waals surface area contributed by atoms with Crippen molar-refractivity contribution < 1.29 is 15.5 Å². The average Bonchev–Trinajstić information content (AvgIpc) is 2.44. The highest BCUT2D eigenvalue weighted by Gasteiger charge is 2.15. The van der Waals surface area contributed by atoms with Crippen molar-refractivity contribution in [3.05, 3.63) is 22.2 Å². The Balaban J connectivity index is 2.97. The predicted molar refractivity (Wildman–Crippen MR) is 84.2 cm³/mol. The van der Waals surface area contributed by atoms with Crippen LogP contribution in [0, 0.1) is 0 Å². The number of aliphatic hydroxyl groups is 2. The van der Waals surface area contributed by atoms with Crippen LogP contribution in [0.2, 0.25) is 10.0 Å². The summed E-state index contributed by atoms with van der Waals surface area (Å²) in [5.41, 5.74) is 2.04. The minimum atomic E-state index is 0.168. The molecule has 0 fully saturated rings. The first kappa shape index (κ1) is 17.5. The van der Waals surface area contributed by atoms with Gasteiger partial charge in [0.05, 0.1) is 16.6 Å². The Hall–Kier alpha value is -0.520. The Bertz CT molecular complexity index is 416. The van der Waals surface area contributed by atoms with E-state index >= 15 is 0 Å². The van der Waals surface area contributed by atoms with Crippen molar-refractivity contribution in [2.75, 3.05) is 37.7 Å². The zero-order valence-corrected chi connectivity index (χ0v) is 13.3. The first-order valence-corrected chi connectivity index (χ1v) is 7.68. The summed E-state index contributed by atoms with van der Waals surface area (Å²) in [6.07, 6.45) is 1.44. The second-order valence-electron chi connectivity index (χ2n) is 4.55. The largest absolute Gasteiger partial charge is 0.396 e. The molecule has 0 aromatic heterocycles. The number of anilines is 1. The van der Waals surface area contributed by atoms with E-state index in [4.69, 9.17) is 33.4 Å². The van der Waals surface area contributed by atoms with E-state index in [1.807, 2.05) is 12.1 Å². The molecule has 0 aliphatic carbocycles. The number of quaternary nitrogens is 1. The molecule has 0 spiro atoms. The SMILES string of the molecule is CCN(CCCO)c1cc(Cl)c(Cl)cc1[NH2+]CCCO. The summed E-state index contributed by atoms with van der Waals surface area (Å²) in [5, 5.41) is 21.0. The third-order valence-electron chi connectivity index (χ3n) is 3.10. The molecular formula is C14H23Cl2N2O2+. The van der Waals surface area contributed by atoms with Crippen LogP contribution >= 0.6 is 23.2 Å². The van der Waals surface area contributed by atoms with Gasteiger partial charge in [-0.15, -0.1) is 0 Å². The van der Waals surface area contributed by atoms with Gasteiger partial charge in [-0.3, -0.25) is 0 Å². The Kier molecular flexibility index (Phi) is 8.26. The van der Waals surface area contributed by atoms with Crippen molar-refractivity contribution in [3.8, 4) is 0 Å². The maximum atomic E-state index is 8.99. The quantitative estimate of drug-likeness (QED) is 0.480. The normalized spacial score (nSPS) is 10.8. The van der Waals surface area contributed by atoms with Crippen LogP contribution in [0.15, 0.2) is 12.1 Å². The zero-order valence-electron chi connectivity index (χ0n) is 11.8. The lowest BCUT2D eigenvalue weighted by atomic mass is 10.2. The van der Waals surface area contributed by atoms with Crippen LogP contribution in [0.4, 0.5) is 11.4 Å². The Labute approximate surface area is 130 Å². The molecule has 0 heterocycles. The van der Waals surface area contributed by atoms with E-state index in [0.29, 0.717) is 16.5 Å². The third-order valence-corrected chi connectivity index (χ3v) is 3.83. The lowest BCUT2D eigenvalue weighted by molar-refractivity contribution is -0.571. The number of benzene rings is 1. The molecule has 0 saturated carbocycles. The van der Waals surface area contributed by atoms with Gasteiger partial charge >= 0.3 is 0 Å². The molecular weight excluding hydrogens is 299 g/mol. The van der Waals surface area contributed by atoms with E-state index in [-0.39, 0.29) is 13.2 Å². The van der Waals surface area contributed by atoms with E-state index in [0.717, 1.165) is 37.4 Å². The molecule has 0 amide bonds.